The molecule has 1 amide bonds. The number of methoxy groups -OCH3 is 1. The van der Waals surface area contributed by atoms with Crippen molar-refractivity contribution in [2.75, 3.05) is 12.4 Å². The largest absolute Gasteiger partial charge is 0.495 e. The lowest BCUT2D eigenvalue weighted by Crippen LogP contribution is -2.93. The molecule has 2 aromatic rings. The molecule has 0 aromatic heterocycles. The number of quaternary nitrogens is 1. The smallest absolute Gasteiger partial charge is 0.282 e. The van der Waals surface area contributed by atoms with Gasteiger partial charge in [-0.1, -0.05) is 55.8 Å². The summed E-state index contributed by atoms with van der Waals surface area (Å²) in [5.74, 6) is 0.911. The highest BCUT2D eigenvalue weighted by molar-refractivity contribution is 6.31. The summed E-state index contributed by atoms with van der Waals surface area (Å²) >= 11 is 6.03. The highest BCUT2D eigenvalue weighted by Gasteiger charge is 2.26. The molecule has 0 radical (unpaired) electrons. The van der Waals surface area contributed by atoms with Gasteiger partial charge in [-0.05, 0) is 25.1 Å². The number of benzene rings is 2. The number of anilines is 1. The predicted molar refractivity (Wildman–Crippen MR) is 102 cm³/mol. The summed E-state index contributed by atoms with van der Waals surface area (Å²) in [6, 6.07) is 15.4. The van der Waals surface area contributed by atoms with Gasteiger partial charge in [-0.25, -0.2) is 0 Å². The Hall–Kier alpha value is -2.04. The Bertz CT molecular complexity index is 704. The topological polar surface area (TPSA) is 54.9 Å². The summed E-state index contributed by atoms with van der Waals surface area (Å²) < 4.78 is 5.29. The van der Waals surface area contributed by atoms with Gasteiger partial charge in [-0.3, -0.25) is 4.79 Å². The number of carbonyl (C=O) groups is 1. The van der Waals surface area contributed by atoms with Gasteiger partial charge in [-0.2, -0.15) is 0 Å². The molecule has 0 saturated heterocycles. The number of nitrogens with two attached hydrogens (primary N) is 1. The zero-order chi connectivity index (χ0) is 18.4. The van der Waals surface area contributed by atoms with Crippen molar-refractivity contribution < 1.29 is 14.8 Å². The Kier molecular flexibility index (Phi) is 6.85. The molecule has 0 spiro atoms. The minimum Gasteiger partial charge on any atom is -0.495 e. The average Bonchev–Trinajstić information content (AvgIpc) is 2.60. The molecule has 134 valence electrons. The van der Waals surface area contributed by atoms with E-state index in [1.165, 1.54) is 5.56 Å². The fourth-order valence-electron chi connectivity index (χ4n) is 2.82. The van der Waals surface area contributed by atoms with Gasteiger partial charge >= 0.3 is 0 Å². The van der Waals surface area contributed by atoms with Crippen LogP contribution in [0.3, 0.4) is 0 Å². The van der Waals surface area contributed by atoms with Crippen molar-refractivity contribution in [3.63, 3.8) is 0 Å². The molecule has 4 nitrogen and oxygen atoms in total. The summed E-state index contributed by atoms with van der Waals surface area (Å²) in [6.07, 6.45) is 0. The third-order valence-corrected chi connectivity index (χ3v) is 4.47. The van der Waals surface area contributed by atoms with E-state index in [1.54, 1.807) is 25.3 Å². The number of nitrogens with one attached hydrogen (secondary N) is 1. The second-order valence-electron chi connectivity index (χ2n) is 6.50. The van der Waals surface area contributed by atoms with Gasteiger partial charge in [0.25, 0.3) is 5.91 Å². The fourth-order valence-corrected chi connectivity index (χ4v) is 2.99. The van der Waals surface area contributed by atoms with Crippen molar-refractivity contribution in [1.29, 1.82) is 0 Å². The van der Waals surface area contributed by atoms with E-state index in [2.05, 4.69) is 36.6 Å². The third kappa shape index (κ3) is 5.21. The highest BCUT2D eigenvalue weighted by Crippen LogP contribution is 2.27. The number of hydrogen-bond donors (Lipinski definition) is 2. The van der Waals surface area contributed by atoms with Crippen LogP contribution in [0.5, 0.6) is 5.75 Å². The van der Waals surface area contributed by atoms with Crippen LogP contribution in [-0.4, -0.2) is 19.1 Å². The number of ether oxygens (including phenoxy) is 1. The molecule has 2 aromatic carbocycles. The Morgan fingerprint density at radius 2 is 1.80 bits per heavy atom. The van der Waals surface area contributed by atoms with Crippen LogP contribution in [0.25, 0.3) is 0 Å². The molecular weight excluding hydrogens is 336 g/mol. The van der Waals surface area contributed by atoms with Crippen LogP contribution in [-0.2, 0) is 4.79 Å². The molecule has 0 unspecified atom stereocenters. The van der Waals surface area contributed by atoms with Crippen molar-refractivity contribution in [2.24, 2.45) is 5.92 Å². The molecule has 2 rings (SSSR count). The average molecular weight is 362 g/mol. The van der Waals surface area contributed by atoms with E-state index in [-0.39, 0.29) is 18.0 Å². The maximum atomic E-state index is 12.6. The van der Waals surface area contributed by atoms with Crippen LogP contribution >= 0.6 is 11.6 Å². The molecule has 3 N–H and O–H groups in total. The van der Waals surface area contributed by atoms with Gasteiger partial charge in [0.15, 0.2) is 6.04 Å². The number of hydrogen-bond acceptors (Lipinski definition) is 2. The van der Waals surface area contributed by atoms with Gasteiger partial charge in [-0.15, -0.1) is 0 Å². The van der Waals surface area contributed by atoms with Crippen LogP contribution in [0.15, 0.2) is 48.5 Å². The van der Waals surface area contributed by atoms with E-state index in [9.17, 15) is 4.79 Å². The minimum atomic E-state index is -0.253. The summed E-state index contributed by atoms with van der Waals surface area (Å²) in [6.45, 7) is 6.24. The highest BCUT2D eigenvalue weighted by atomic mass is 35.5. The number of amides is 1. The van der Waals surface area contributed by atoms with Gasteiger partial charge in [0.2, 0.25) is 0 Å². The Balaban J connectivity index is 2.10. The second-order valence-corrected chi connectivity index (χ2v) is 6.93. The zero-order valence-electron chi connectivity index (χ0n) is 15.1. The van der Waals surface area contributed by atoms with Crippen molar-refractivity contribution in [1.82, 2.24) is 0 Å². The van der Waals surface area contributed by atoms with Gasteiger partial charge < -0.3 is 15.4 Å². The van der Waals surface area contributed by atoms with Crippen molar-refractivity contribution in [2.45, 2.75) is 32.9 Å². The van der Waals surface area contributed by atoms with Crippen LogP contribution in [0, 0.1) is 5.92 Å². The summed E-state index contributed by atoms with van der Waals surface area (Å²) in [5.41, 5.74) is 1.80. The summed E-state index contributed by atoms with van der Waals surface area (Å²) in [7, 11) is 1.57. The minimum absolute atomic E-state index is 0.0813. The number of carbonyl (C=O) groups excluding carboxylic acids is 1. The van der Waals surface area contributed by atoms with E-state index in [1.807, 2.05) is 25.1 Å². The standard InChI is InChI=1S/C20H25ClN2O2/c1-13(2)19(15-8-6-5-7-9-15)22-14(3)20(24)23-17-12-16(21)10-11-18(17)25-4/h5-14,19,22H,1-4H3,(H,23,24)/p+1/t14-,19-/m0/s1. The SMILES string of the molecule is COc1ccc(Cl)cc1NC(=O)[C@H](C)[NH2+][C@H](c1ccccc1)C(C)C. The predicted octanol–water partition coefficient (Wildman–Crippen LogP) is 3.64. The van der Waals surface area contributed by atoms with Gasteiger partial charge in [0.1, 0.15) is 11.8 Å². The quantitative estimate of drug-likeness (QED) is 0.791. The first-order valence-corrected chi connectivity index (χ1v) is 8.84. The monoisotopic (exact) mass is 361 g/mol. The molecule has 0 aliphatic carbocycles. The Labute approximate surface area is 154 Å². The van der Waals surface area contributed by atoms with Crippen LogP contribution < -0.4 is 15.4 Å². The van der Waals surface area contributed by atoms with Crippen LogP contribution in [0.1, 0.15) is 32.4 Å². The zero-order valence-corrected chi connectivity index (χ0v) is 15.9. The second kappa shape index (κ2) is 8.88. The van der Waals surface area contributed by atoms with Gasteiger partial charge in [0, 0.05) is 16.5 Å². The lowest BCUT2D eigenvalue weighted by molar-refractivity contribution is -0.718. The maximum Gasteiger partial charge on any atom is 0.282 e. The molecule has 25 heavy (non-hydrogen) atoms. The van der Waals surface area contributed by atoms with E-state index < -0.39 is 0 Å². The van der Waals surface area contributed by atoms with Crippen LogP contribution in [0.4, 0.5) is 5.69 Å². The molecule has 0 aliphatic heterocycles. The van der Waals surface area contributed by atoms with Crippen molar-refractivity contribution in [3.8, 4) is 5.75 Å². The van der Waals surface area contributed by atoms with E-state index in [4.69, 9.17) is 16.3 Å². The fraction of sp³-hybridized carbons (Fsp3) is 0.350. The number of rotatable bonds is 7. The Morgan fingerprint density at radius 1 is 1.12 bits per heavy atom. The molecule has 0 saturated carbocycles. The normalized spacial score (nSPS) is 13.4. The summed E-state index contributed by atoms with van der Waals surface area (Å²) in [4.78, 5) is 12.6. The van der Waals surface area contributed by atoms with Crippen LogP contribution in [0.2, 0.25) is 5.02 Å². The first-order chi connectivity index (χ1) is 11.9. The first-order valence-electron chi connectivity index (χ1n) is 8.46. The third-order valence-electron chi connectivity index (χ3n) is 4.23. The number of halogens is 1. The molecule has 0 bridgehead atoms. The lowest BCUT2D eigenvalue weighted by atomic mass is 9.95. The van der Waals surface area contributed by atoms with E-state index >= 15 is 0 Å². The molecule has 0 fully saturated rings. The Morgan fingerprint density at radius 3 is 2.40 bits per heavy atom. The van der Waals surface area contributed by atoms with Gasteiger partial charge in [0.05, 0.1) is 12.8 Å². The first kappa shape index (κ1) is 19.3. The van der Waals surface area contributed by atoms with Crippen molar-refractivity contribution >= 4 is 23.2 Å². The molecule has 5 heteroatoms. The molecular formula is C20H26ClN2O2+. The van der Waals surface area contributed by atoms with E-state index in [0.29, 0.717) is 22.4 Å². The van der Waals surface area contributed by atoms with E-state index in [0.717, 1.165) is 0 Å². The van der Waals surface area contributed by atoms with Crippen molar-refractivity contribution in [3.05, 3.63) is 59.1 Å². The molecule has 2 atom stereocenters. The summed E-state index contributed by atoms with van der Waals surface area (Å²) in [5, 5.41) is 5.57. The molecule has 0 heterocycles. The maximum absolute atomic E-state index is 12.6. The lowest BCUT2D eigenvalue weighted by Gasteiger charge is -2.23. The molecule has 0 aliphatic rings.